The number of rotatable bonds is 1. The van der Waals surface area contributed by atoms with Crippen LogP contribution in [0.2, 0.25) is 0 Å². The van der Waals surface area contributed by atoms with Gasteiger partial charge in [0.1, 0.15) is 5.92 Å². The molecular weight excluding hydrogens is 228 g/mol. The van der Waals surface area contributed by atoms with E-state index in [-0.39, 0.29) is 11.8 Å². The molecule has 2 aliphatic heterocycles. The highest BCUT2D eigenvalue weighted by Gasteiger charge is 2.38. The molecule has 0 bridgehead atoms. The zero-order valence-corrected chi connectivity index (χ0v) is 10.6. The molecule has 0 aromatic heterocycles. The van der Waals surface area contributed by atoms with Crippen LogP contribution in [0.1, 0.15) is 17.5 Å². The van der Waals surface area contributed by atoms with E-state index >= 15 is 0 Å². The van der Waals surface area contributed by atoms with Crippen LogP contribution in [-0.4, -0.2) is 24.8 Å². The molecule has 2 heterocycles. The Morgan fingerprint density at radius 3 is 2.67 bits per heavy atom. The van der Waals surface area contributed by atoms with Gasteiger partial charge in [0, 0.05) is 6.42 Å². The average molecular weight is 244 g/mol. The molecule has 0 N–H and O–H groups in total. The fourth-order valence-electron chi connectivity index (χ4n) is 2.57. The molecule has 1 fully saturated rings. The minimum atomic E-state index is -0.167. The van der Waals surface area contributed by atoms with Crippen molar-refractivity contribution >= 4 is 17.3 Å². The molecule has 0 saturated carbocycles. The zero-order chi connectivity index (χ0) is 12.7. The van der Waals surface area contributed by atoms with Crippen LogP contribution in [0.15, 0.2) is 23.3 Å². The van der Waals surface area contributed by atoms with Crippen LogP contribution in [0.25, 0.3) is 0 Å². The number of nitrogens with zero attached hydrogens (tertiary/aromatic N) is 2. The van der Waals surface area contributed by atoms with Gasteiger partial charge in [-0.2, -0.15) is 5.10 Å². The predicted octanol–water partition coefficient (Wildman–Crippen LogP) is 2.04. The number of anilines is 1. The van der Waals surface area contributed by atoms with Crippen LogP contribution in [0, 0.1) is 19.8 Å². The van der Waals surface area contributed by atoms with Crippen molar-refractivity contribution in [2.45, 2.75) is 20.3 Å². The number of benzene rings is 1. The molecule has 1 amide bonds. The molecule has 0 radical (unpaired) electrons. The van der Waals surface area contributed by atoms with Gasteiger partial charge in [0.05, 0.1) is 24.6 Å². The smallest absolute Gasteiger partial charge is 0.258 e. The Bertz CT molecular complexity index is 516. The molecule has 3 rings (SSSR count). The van der Waals surface area contributed by atoms with E-state index in [0.29, 0.717) is 13.2 Å². The van der Waals surface area contributed by atoms with E-state index in [0.717, 1.165) is 28.9 Å². The lowest BCUT2D eigenvalue weighted by molar-refractivity contribution is -0.121. The summed E-state index contributed by atoms with van der Waals surface area (Å²) in [6.07, 6.45) is 0.762. The molecule has 2 aliphatic rings. The highest BCUT2D eigenvalue weighted by molar-refractivity contribution is 6.16. The first-order valence-corrected chi connectivity index (χ1v) is 6.22. The van der Waals surface area contributed by atoms with Crippen molar-refractivity contribution in [3.05, 3.63) is 29.3 Å². The number of amides is 1. The molecule has 1 saturated heterocycles. The number of carbonyl (C=O) groups is 1. The van der Waals surface area contributed by atoms with Gasteiger partial charge in [0.15, 0.2) is 0 Å². The molecule has 94 valence electrons. The van der Waals surface area contributed by atoms with Crippen LogP contribution < -0.4 is 5.01 Å². The fourth-order valence-corrected chi connectivity index (χ4v) is 2.57. The molecule has 0 aliphatic carbocycles. The summed E-state index contributed by atoms with van der Waals surface area (Å²) in [6.45, 7) is 5.20. The van der Waals surface area contributed by atoms with Crippen LogP contribution in [-0.2, 0) is 9.53 Å². The van der Waals surface area contributed by atoms with Gasteiger partial charge in [-0.05, 0) is 37.1 Å². The van der Waals surface area contributed by atoms with Crippen molar-refractivity contribution in [1.29, 1.82) is 0 Å². The van der Waals surface area contributed by atoms with Gasteiger partial charge >= 0.3 is 0 Å². The van der Waals surface area contributed by atoms with Crippen molar-refractivity contribution in [2.75, 3.05) is 18.2 Å². The van der Waals surface area contributed by atoms with E-state index in [1.54, 1.807) is 0 Å². The standard InChI is InChI=1S/C14H16N2O2/c1-9-5-10(2)7-11(6-9)16-14(17)12-8-18-4-3-13(12)15-16/h5-7,12H,3-4,8H2,1-2H3. The van der Waals surface area contributed by atoms with Crippen molar-refractivity contribution in [1.82, 2.24) is 0 Å². The minimum absolute atomic E-state index is 0.0368. The third-order valence-electron chi connectivity index (χ3n) is 3.38. The van der Waals surface area contributed by atoms with E-state index < -0.39 is 0 Å². The Balaban J connectivity index is 1.97. The third-order valence-corrected chi connectivity index (χ3v) is 3.38. The number of ether oxygens (including phenoxy) is 1. The summed E-state index contributed by atoms with van der Waals surface area (Å²) >= 11 is 0. The largest absolute Gasteiger partial charge is 0.380 e. The van der Waals surface area contributed by atoms with Crippen LogP contribution in [0.4, 0.5) is 5.69 Å². The van der Waals surface area contributed by atoms with E-state index in [1.807, 2.05) is 26.0 Å². The molecule has 18 heavy (non-hydrogen) atoms. The van der Waals surface area contributed by atoms with E-state index in [1.165, 1.54) is 5.01 Å². The van der Waals surface area contributed by atoms with Crippen molar-refractivity contribution in [3.8, 4) is 0 Å². The highest BCUT2D eigenvalue weighted by atomic mass is 16.5. The maximum absolute atomic E-state index is 12.3. The highest BCUT2D eigenvalue weighted by Crippen LogP contribution is 2.28. The number of fused-ring (bicyclic) bond motifs is 1. The summed E-state index contributed by atoms with van der Waals surface area (Å²) in [5.74, 6) is -0.130. The fraction of sp³-hybridized carbons (Fsp3) is 0.429. The Labute approximate surface area is 106 Å². The van der Waals surface area contributed by atoms with Gasteiger partial charge < -0.3 is 4.74 Å². The van der Waals surface area contributed by atoms with Gasteiger partial charge in [-0.1, -0.05) is 6.07 Å². The average Bonchev–Trinajstić information content (AvgIpc) is 2.66. The summed E-state index contributed by atoms with van der Waals surface area (Å²) in [6, 6.07) is 6.08. The second-order valence-electron chi connectivity index (χ2n) is 4.96. The molecule has 4 nitrogen and oxygen atoms in total. The first kappa shape index (κ1) is 11.4. The molecule has 1 aromatic rings. The summed E-state index contributed by atoms with van der Waals surface area (Å²) in [5, 5.41) is 6.00. The normalized spacial score (nSPS) is 23.0. The van der Waals surface area contributed by atoms with E-state index in [9.17, 15) is 4.79 Å². The first-order chi connectivity index (χ1) is 8.65. The number of hydrogen-bond donors (Lipinski definition) is 0. The third kappa shape index (κ3) is 1.82. The molecule has 1 unspecified atom stereocenters. The SMILES string of the molecule is Cc1cc(C)cc(N2N=C3CCOCC3C2=O)c1. The lowest BCUT2D eigenvalue weighted by Gasteiger charge is -2.18. The summed E-state index contributed by atoms with van der Waals surface area (Å²) < 4.78 is 5.36. The molecule has 1 aromatic carbocycles. The Hall–Kier alpha value is -1.68. The summed E-state index contributed by atoms with van der Waals surface area (Å²) in [5.41, 5.74) is 4.11. The molecular formula is C14H16N2O2. The molecule has 1 atom stereocenters. The first-order valence-electron chi connectivity index (χ1n) is 6.22. The summed E-state index contributed by atoms with van der Waals surface area (Å²) in [7, 11) is 0. The van der Waals surface area contributed by atoms with Crippen molar-refractivity contribution < 1.29 is 9.53 Å². The molecule has 4 heteroatoms. The zero-order valence-electron chi connectivity index (χ0n) is 10.6. The van der Waals surface area contributed by atoms with Crippen molar-refractivity contribution in [3.63, 3.8) is 0 Å². The van der Waals surface area contributed by atoms with Crippen molar-refractivity contribution in [2.24, 2.45) is 11.0 Å². The maximum atomic E-state index is 12.3. The Kier molecular flexibility index (Phi) is 2.67. The van der Waals surface area contributed by atoms with Gasteiger partial charge in [-0.25, -0.2) is 5.01 Å². The Morgan fingerprint density at radius 2 is 2.00 bits per heavy atom. The van der Waals surface area contributed by atoms with Gasteiger partial charge in [0.25, 0.3) is 5.91 Å². The monoisotopic (exact) mass is 244 g/mol. The number of hydrazone groups is 1. The van der Waals surface area contributed by atoms with Gasteiger partial charge in [0.2, 0.25) is 0 Å². The quantitative estimate of drug-likeness (QED) is 0.758. The Morgan fingerprint density at radius 1 is 1.28 bits per heavy atom. The lowest BCUT2D eigenvalue weighted by atomic mass is 10.00. The lowest BCUT2D eigenvalue weighted by Crippen LogP contribution is -2.33. The van der Waals surface area contributed by atoms with Gasteiger partial charge in [-0.3, -0.25) is 4.79 Å². The van der Waals surface area contributed by atoms with Crippen LogP contribution in [0.3, 0.4) is 0 Å². The number of carbonyl (C=O) groups excluding carboxylic acids is 1. The molecule has 0 spiro atoms. The number of hydrogen-bond acceptors (Lipinski definition) is 3. The topological polar surface area (TPSA) is 41.9 Å². The number of aryl methyl sites for hydroxylation is 2. The predicted molar refractivity (Wildman–Crippen MR) is 69.8 cm³/mol. The van der Waals surface area contributed by atoms with Crippen LogP contribution >= 0.6 is 0 Å². The summed E-state index contributed by atoms with van der Waals surface area (Å²) in [4.78, 5) is 12.3. The second-order valence-corrected chi connectivity index (χ2v) is 4.96. The van der Waals surface area contributed by atoms with E-state index in [2.05, 4.69) is 11.2 Å². The van der Waals surface area contributed by atoms with Crippen LogP contribution in [0.5, 0.6) is 0 Å². The van der Waals surface area contributed by atoms with E-state index in [4.69, 9.17) is 4.74 Å². The van der Waals surface area contributed by atoms with Gasteiger partial charge in [-0.15, -0.1) is 0 Å². The maximum Gasteiger partial charge on any atom is 0.258 e. The second kappa shape index (κ2) is 4.21. The minimum Gasteiger partial charge on any atom is -0.380 e.